The van der Waals surface area contributed by atoms with Crippen molar-refractivity contribution in [1.29, 1.82) is 0 Å². The Morgan fingerprint density at radius 3 is 2.76 bits per heavy atom. The van der Waals surface area contributed by atoms with E-state index >= 15 is 0 Å². The van der Waals surface area contributed by atoms with Gasteiger partial charge in [0.25, 0.3) is 5.91 Å². The van der Waals surface area contributed by atoms with E-state index in [0.29, 0.717) is 46.0 Å². The van der Waals surface area contributed by atoms with Crippen LogP contribution in [0.15, 0.2) is 34.9 Å². The van der Waals surface area contributed by atoms with Crippen molar-refractivity contribution in [2.45, 2.75) is 39.7 Å². The van der Waals surface area contributed by atoms with Gasteiger partial charge in [0.2, 0.25) is 5.89 Å². The molecule has 1 heterocycles. The molecule has 0 spiro atoms. The molecule has 1 aromatic heterocycles. The molecule has 5 rings (SSSR count). The summed E-state index contributed by atoms with van der Waals surface area (Å²) in [5.74, 6) is 2.09. The predicted molar refractivity (Wildman–Crippen MR) is 96.8 cm³/mol. The summed E-state index contributed by atoms with van der Waals surface area (Å²) in [5.41, 5.74) is 7.96. The molecule has 132 valence electrons. The van der Waals surface area contributed by atoms with Crippen LogP contribution in [0.1, 0.15) is 44.1 Å². The van der Waals surface area contributed by atoms with Gasteiger partial charge in [0, 0.05) is 11.7 Å². The second-order valence-corrected chi connectivity index (χ2v) is 8.16. The van der Waals surface area contributed by atoms with Gasteiger partial charge in [0.05, 0.1) is 5.56 Å². The Bertz CT molecular complexity index is 811. The minimum atomic E-state index is -0.166. The molecule has 5 heteroatoms. The Hall–Kier alpha value is -2.30. The van der Waals surface area contributed by atoms with Gasteiger partial charge in [-0.3, -0.25) is 4.79 Å². The number of fused-ring (bicyclic) bond motifs is 2. The van der Waals surface area contributed by atoms with Crippen molar-refractivity contribution >= 4 is 11.6 Å². The number of oxazole rings is 1. The summed E-state index contributed by atoms with van der Waals surface area (Å²) in [5, 5.41) is 3.17. The zero-order valence-corrected chi connectivity index (χ0v) is 15.0. The van der Waals surface area contributed by atoms with Crippen LogP contribution in [0.25, 0.3) is 11.5 Å². The standard InChI is InChI=1S/C20H25N3O2/c1-11-14-8-12(20(14,2)3)9-16(11)22-18(24)17-10-25-19(23-17)13-6-4-5-7-15(13)21/h4-7,10-12,14,16H,8-9,21H2,1-3H3,(H,22,24). The number of hydrogen-bond donors (Lipinski definition) is 2. The molecule has 0 radical (unpaired) electrons. The topological polar surface area (TPSA) is 81.2 Å². The van der Waals surface area contributed by atoms with Crippen LogP contribution in [-0.4, -0.2) is 16.9 Å². The van der Waals surface area contributed by atoms with E-state index in [4.69, 9.17) is 10.2 Å². The highest BCUT2D eigenvalue weighted by molar-refractivity contribution is 5.92. The fourth-order valence-electron chi connectivity index (χ4n) is 4.78. The van der Waals surface area contributed by atoms with E-state index < -0.39 is 0 Å². The number of para-hydroxylation sites is 1. The second kappa shape index (κ2) is 5.61. The third kappa shape index (κ3) is 2.53. The third-order valence-electron chi connectivity index (χ3n) is 6.60. The summed E-state index contributed by atoms with van der Waals surface area (Å²) in [6, 6.07) is 7.56. The van der Waals surface area contributed by atoms with Gasteiger partial charge in [-0.25, -0.2) is 4.98 Å². The fraction of sp³-hybridized carbons (Fsp3) is 0.500. The number of nitrogens with one attached hydrogen (secondary N) is 1. The van der Waals surface area contributed by atoms with Gasteiger partial charge in [-0.1, -0.05) is 32.9 Å². The largest absolute Gasteiger partial charge is 0.444 e. The number of carbonyl (C=O) groups excluding carboxylic acids is 1. The lowest BCUT2D eigenvalue weighted by molar-refractivity contribution is -0.113. The van der Waals surface area contributed by atoms with Crippen molar-refractivity contribution in [3.63, 3.8) is 0 Å². The molecule has 25 heavy (non-hydrogen) atoms. The molecule has 1 aromatic carbocycles. The SMILES string of the molecule is CC1C(NC(=O)c2coc(-c3ccccc3N)n2)CC2CC1C2(C)C. The van der Waals surface area contributed by atoms with Gasteiger partial charge in [0.1, 0.15) is 6.26 Å². The Kier molecular flexibility index (Phi) is 3.63. The van der Waals surface area contributed by atoms with Crippen LogP contribution < -0.4 is 11.1 Å². The van der Waals surface area contributed by atoms with Crippen molar-refractivity contribution in [1.82, 2.24) is 10.3 Å². The maximum Gasteiger partial charge on any atom is 0.273 e. The van der Waals surface area contributed by atoms with Crippen LogP contribution in [0.5, 0.6) is 0 Å². The van der Waals surface area contributed by atoms with Crippen molar-refractivity contribution in [3.05, 3.63) is 36.2 Å². The van der Waals surface area contributed by atoms with Crippen molar-refractivity contribution < 1.29 is 9.21 Å². The van der Waals surface area contributed by atoms with Crippen molar-refractivity contribution in [3.8, 4) is 11.5 Å². The van der Waals surface area contributed by atoms with E-state index in [9.17, 15) is 4.79 Å². The van der Waals surface area contributed by atoms with Gasteiger partial charge in [-0.05, 0) is 48.1 Å². The first kappa shape index (κ1) is 16.2. The summed E-state index contributed by atoms with van der Waals surface area (Å²) < 4.78 is 5.48. The van der Waals surface area contributed by atoms with E-state index in [0.717, 1.165) is 6.42 Å². The Balaban J connectivity index is 1.47. The molecule has 2 aromatic rings. The van der Waals surface area contributed by atoms with Gasteiger partial charge in [-0.2, -0.15) is 0 Å². The molecule has 2 bridgehead atoms. The number of amides is 1. The number of carbonyl (C=O) groups is 1. The molecule has 3 aliphatic carbocycles. The van der Waals surface area contributed by atoms with E-state index in [-0.39, 0.29) is 11.9 Å². The molecule has 1 amide bonds. The first-order chi connectivity index (χ1) is 11.9. The van der Waals surface area contributed by atoms with Crippen LogP contribution in [0, 0.1) is 23.2 Å². The number of anilines is 1. The molecule has 3 saturated carbocycles. The maximum absolute atomic E-state index is 12.6. The number of nitrogens with two attached hydrogens (primary N) is 1. The number of rotatable bonds is 3. The van der Waals surface area contributed by atoms with E-state index in [2.05, 4.69) is 31.1 Å². The molecule has 0 aliphatic heterocycles. The molecule has 4 unspecified atom stereocenters. The van der Waals surface area contributed by atoms with Crippen LogP contribution in [0.4, 0.5) is 5.69 Å². The summed E-state index contributed by atoms with van der Waals surface area (Å²) in [4.78, 5) is 16.9. The number of aromatic nitrogens is 1. The summed E-state index contributed by atoms with van der Waals surface area (Å²) in [6.45, 7) is 6.97. The average Bonchev–Trinajstić information content (AvgIpc) is 3.06. The van der Waals surface area contributed by atoms with E-state index in [1.54, 1.807) is 6.07 Å². The highest BCUT2D eigenvalue weighted by Gasteiger charge is 2.56. The second-order valence-electron chi connectivity index (χ2n) is 8.16. The van der Waals surface area contributed by atoms with Crippen LogP contribution in [0.3, 0.4) is 0 Å². The minimum Gasteiger partial charge on any atom is -0.444 e. The Morgan fingerprint density at radius 1 is 1.32 bits per heavy atom. The van der Waals surface area contributed by atoms with Gasteiger partial charge < -0.3 is 15.5 Å². The van der Waals surface area contributed by atoms with Crippen LogP contribution >= 0.6 is 0 Å². The first-order valence-electron chi connectivity index (χ1n) is 8.99. The number of nitrogens with zero attached hydrogens (tertiary/aromatic N) is 1. The van der Waals surface area contributed by atoms with Gasteiger partial charge in [0.15, 0.2) is 5.69 Å². The number of benzene rings is 1. The van der Waals surface area contributed by atoms with Crippen LogP contribution in [0.2, 0.25) is 0 Å². The lowest BCUT2D eigenvalue weighted by atomic mass is 9.45. The lowest BCUT2D eigenvalue weighted by Gasteiger charge is -2.62. The summed E-state index contributed by atoms with van der Waals surface area (Å²) >= 11 is 0. The predicted octanol–water partition coefficient (Wildman–Crippen LogP) is 3.72. The number of nitrogen functional groups attached to an aromatic ring is 1. The average molecular weight is 339 g/mol. The fourth-order valence-corrected chi connectivity index (χ4v) is 4.78. The normalized spacial score (nSPS) is 29.7. The molecule has 3 aliphatic rings. The molecule has 5 nitrogen and oxygen atoms in total. The molecule has 0 saturated heterocycles. The summed E-state index contributed by atoms with van der Waals surface area (Å²) in [6.07, 6.45) is 3.75. The number of hydrogen-bond acceptors (Lipinski definition) is 4. The van der Waals surface area contributed by atoms with Gasteiger partial charge in [-0.15, -0.1) is 0 Å². The third-order valence-corrected chi connectivity index (χ3v) is 6.60. The van der Waals surface area contributed by atoms with Crippen molar-refractivity contribution in [2.24, 2.45) is 23.2 Å². The molecular formula is C20H25N3O2. The molecular weight excluding hydrogens is 314 g/mol. The van der Waals surface area contributed by atoms with E-state index in [1.807, 2.05) is 18.2 Å². The molecule has 3 fully saturated rings. The lowest BCUT2D eigenvalue weighted by Crippen LogP contribution is -2.60. The Morgan fingerprint density at radius 2 is 2.08 bits per heavy atom. The molecule has 3 N–H and O–H groups in total. The van der Waals surface area contributed by atoms with Crippen molar-refractivity contribution in [2.75, 3.05) is 5.73 Å². The maximum atomic E-state index is 12.6. The van der Waals surface area contributed by atoms with E-state index in [1.165, 1.54) is 12.7 Å². The highest BCUT2D eigenvalue weighted by Crippen LogP contribution is 2.61. The monoisotopic (exact) mass is 339 g/mol. The smallest absolute Gasteiger partial charge is 0.273 e. The zero-order chi connectivity index (χ0) is 17.8. The van der Waals surface area contributed by atoms with Gasteiger partial charge >= 0.3 is 0 Å². The Labute approximate surface area is 148 Å². The quantitative estimate of drug-likeness (QED) is 0.835. The summed E-state index contributed by atoms with van der Waals surface area (Å²) in [7, 11) is 0. The minimum absolute atomic E-state index is 0.166. The van der Waals surface area contributed by atoms with Crippen LogP contribution in [-0.2, 0) is 0 Å². The zero-order valence-electron chi connectivity index (χ0n) is 15.0. The molecule has 4 atom stereocenters. The first-order valence-corrected chi connectivity index (χ1v) is 8.99. The highest BCUT2D eigenvalue weighted by atomic mass is 16.3.